The Morgan fingerprint density at radius 3 is 2.80 bits per heavy atom. The number of nitrogens with one attached hydrogen (secondary N) is 1. The number of hydrogen-bond donors (Lipinski definition) is 2. The maximum Gasteiger partial charge on any atom is 0.353 e. The molecule has 0 fully saturated rings. The van der Waals surface area contributed by atoms with Crippen LogP contribution in [0.1, 0.15) is 17.4 Å². The molecule has 0 atom stereocenters. The molecule has 0 unspecified atom stereocenters. The maximum absolute atomic E-state index is 10.8. The van der Waals surface area contributed by atoms with Gasteiger partial charge in [-0.25, -0.2) is 4.79 Å². The van der Waals surface area contributed by atoms with E-state index in [1.165, 1.54) is 6.07 Å². The molecule has 0 aliphatic rings. The Hall–Kier alpha value is -2.08. The summed E-state index contributed by atoms with van der Waals surface area (Å²) in [5, 5.41) is 15.3. The Labute approximate surface area is 124 Å². The first-order chi connectivity index (χ1) is 9.47. The van der Waals surface area contributed by atoms with Crippen LogP contribution in [0.4, 0.5) is 0 Å². The van der Waals surface area contributed by atoms with E-state index in [0.717, 1.165) is 15.6 Å². The van der Waals surface area contributed by atoms with E-state index < -0.39 is 5.97 Å². The molecule has 104 valence electrons. The first kappa shape index (κ1) is 14.3. The third-order valence-electron chi connectivity index (χ3n) is 2.51. The van der Waals surface area contributed by atoms with Crippen LogP contribution in [0, 0.1) is 0 Å². The lowest BCUT2D eigenvalue weighted by atomic mass is 10.1. The third kappa shape index (κ3) is 3.27. The molecule has 0 spiro atoms. The summed E-state index contributed by atoms with van der Waals surface area (Å²) in [4.78, 5) is 10.8. The number of rotatable bonds is 5. The highest BCUT2D eigenvalue weighted by atomic mass is 79.9. The van der Waals surface area contributed by atoms with Gasteiger partial charge in [-0.3, -0.25) is 5.10 Å². The van der Waals surface area contributed by atoms with Crippen LogP contribution in [0.3, 0.4) is 0 Å². The first-order valence-corrected chi connectivity index (χ1v) is 6.62. The average molecular weight is 337 g/mol. The fourth-order valence-corrected chi connectivity index (χ4v) is 2.05. The molecule has 1 heterocycles. The number of aromatic carboxylic acids is 1. The molecule has 0 bridgehead atoms. The number of aromatic amines is 1. The summed E-state index contributed by atoms with van der Waals surface area (Å²) in [5.41, 5.74) is 2.34. The number of nitrogens with zero attached hydrogens (tertiary/aromatic N) is 1. The number of carbonyl (C=O) groups is 1. The lowest BCUT2D eigenvalue weighted by molar-refractivity contribution is 0.0690. The summed E-state index contributed by atoms with van der Waals surface area (Å²) in [6.45, 7) is 6.11. The van der Waals surface area contributed by atoms with E-state index in [9.17, 15) is 4.79 Å². The molecule has 1 aromatic carbocycles. The molecule has 0 amide bonds. The van der Waals surface area contributed by atoms with Crippen molar-refractivity contribution in [2.24, 2.45) is 0 Å². The second kappa shape index (κ2) is 5.92. The molecule has 0 aliphatic carbocycles. The topological polar surface area (TPSA) is 75.2 Å². The highest BCUT2D eigenvalue weighted by Gasteiger charge is 2.11. The van der Waals surface area contributed by atoms with Gasteiger partial charge in [-0.1, -0.05) is 6.58 Å². The number of benzene rings is 1. The molecule has 2 N–H and O–H groups in total. The van der Waals surface area contributed by atoms with E-state index in [-0.39, 0.29) is 5.69 Å². The van der Waals surface area contributed by atoms with Gasteiger partial charge in [0.05, 0.1) is 10.2 Å². The largest absolute Gasteiger partial charge is 0.488 e. The Bertz CT molecular complexity index is 664. The molecule has 1 aromatic heterocycles. The average Bonchev–Trinajstić information content (AvgIpc) is 2.86. The lowest BCUT2D eigenvalue weighted by Crippen LogP contribution is -1.98. The zero-order valence-corrected chi connectivity index (χ0v) is 12.4. The van der Waals surface area contributed by atoms with Crippen molar-refractivity contribution in [3.8, 4) is 17.0 Å². The van der Waals surface area contributed by atoms with Gasteiger partial charge in [0.1, 0.15) is 18.1 Å². The standard InChI is InChI=1S/C14H13BrN2O3/c1-8(2)7-20-13-4-3-9(5-10(13)15)11-6-12(14(18)19)17-16-11/h3-6H,1,7H2,2H3,(H,16,17)(H,18,19). The van der Waals surface area contributed by atoms with Crippen molar-refractivity contribution < 1.29 is 14.6 Å². The van der Waals surface area contributed by atoms with Crippen LogP contribution in [-0.4, -0.2) is 27.9 Å². The Morgan fingerprint density at radius 1 is 1.50 bits per heavy atom. The number of ether oxygens (including phenoxy) is 1. The number of halogens is 1. The summed E-state index contributed by atoms with van der Waals surface area (Å²) in [5.74, 6) is -0.338. The summed E-state index contributed by atoms with van der Waals surface area (Å²) < 4.78 is 6.34. The molecule has 2 aromatic rings. The molecule has 6 heteroatoms. The fraction of sp³-hybridized carbons (Fsp3) is 0.143. The highest BCUT2D eigenvalue weighted by molar-refractivity contribution is 9.10. The molecule has 0 radical (unpaired) electrons. The van der Waals surface area contributed by atoms with E-state index >= 15 is 0 Å². The maximum atomic E-state index is 10.8. The summed E-state index contributed by atoms with van der Waals surface area (Å²) in [7, 11) is 0. The molecule has 0 saturated heterocycles. The zero-order valence-electron chi connectivity index (χ0n) is 10.8. The van der Waals surface area contributed by atoms with E-state index in [0.29, 0.717) is 18.1 Å². The van der Waals surface area contributed by atoms with Crippen molar-refractivity contribution in [2.45, 2.75) is 6.92 Å². The van der Waals surface area contributed by atoms with Crippen molar-refractivity contribution in [3.63, 3.8) is 0 Å². The van der Waals surface area contributed by atoms with Crippen molar-refractivity contribution in [3.05, 3.63) is 46.6 Å². The number of carboxylic acid groups (broad SMARTS) is 1. The molecule has 0 saturated carbocycles. The fourth-order valence-electron chi connectivity index (χ4n) is 1.56. The Balaban J connectivity index is 2.23. The molecule has 20 heavy (non-hydrogen) atoms. The highest BCUT2D eigenvalue weighted by Crippen LogP contribution is 2.30. The predicted octanol–water partition coefficient (Wildman–Crippen LogP) is 3.49. The van der Waals surface area contributed by atoms with E-state index in [4.69, 9.17) is 9.84 Å². The van der Waals surface area contributed by atoms with Crippen LogP contribution in [0.2, 0.25) is 0 Å². The van der Waals surface area contributed by atoms with Gasteiger partial charge < -0.3 is 9.84 Å². The van der Waals surface area contributed by atoms with Crippen molar-refractivity contribution >= 4 is 21.9 Å². The zero-order chi connectivity index (χ0) is 14.7. The van der Waals surface area contributed by atoms with Crippen molar-refractivity contribution in [2.75, 3.05) is 6.61 Å². The van der Waals surface area contributed by atoms with Gasteiger partial charge in [-0.2, -0.15) is 5.10 Å². The van der Waals surface area contributed by atoms with Gasteiger partial charge in [0.25, 0.3) is 0 Å². The quantitative estimate of drug-likeness (QED) is 0.819. The second-order valence-electron chi connectivity index (χ2n) is 4.36. The minimum atomic E-state index is -1.04. The van der Waals surface area contributed by atoms with E-state index in [1.807, 2.05) is 19.1 Å². The normalized spacial score (nSPS) is 10.3. The SMILES string of the molecule is C=C(C)COc1ccc(-c2cc(C(=O)O)[nH]n2)cc1Br. The van der Waals surface area contributed by atoms with Gasteiger partial charge in [-0.15, -0.1) is 0 Å². The van der Waals surface area contributed by atoms with Crippen LogP contribution < -0.4 is 4.74 Å². The van der Waals surface area contributed by atoms with Gasteiger partial charge in [0.15, 0.2) is 0 Å². The molecular weight excluding hydrogens is 324 g/mol. The smallest absolute Gasteiger partial charge is 0.353 e. The van der Waals surface area contributed by atoms with E-state index in [2.05, 4.69) is 32.7 Å². The Morgan fingerprint density at radius 2 is 2.25 bits per heavy atom. The summed E-state index contributed by atoms with van der Waals surface area (Å²) >= 11 is 3.42. The number of aromatic nitrogens is 2. The van der Waals surface area contributed by atoms with Crippen LogP contribution in [0.25, 0.3) is 11.3 Å². The number of hydrogen-bond acceptors (Lipinski definition) is 3. The van der Waals surface area contributed by atoms with E-state index in [1.54, 1.807) is 6.07 Å². The summed E-state index contributed by atoms with van der Waals surface area (Å²) in [6, 6.07) is 6.94. The van der Waals surface area contributed by atoms with Crippen LogP contribution >= 0.6 is 15.9 Å². The minimum absolute atomic E-state index is 0.0544. The van der Waals surface area contributed by atoms with Crippen LogP contribution in [0.15, 0.2) is 40.9 Å². The monoisotopic (exact) mass is 336 g/mol. The molecule has 5 nitrogen and oxygen atoms in total. The molecule has 0 aliphatic heterocycles. The lowest BCUT2D eigenvalue weighted by Gasteiger charge is -2.08. The van der Waals surface area contributed by atoms with Gasteiger partial charge >= 0.3 is 5.97 Å². The number of carboxylic acids is 1. The Kier molecular flexibility index (Phi) is 4.24. The van der Waals surface area contributed by atoms with Gasteiger partial charge in [-0.05, 0) is 52.7 Å². The molecular formula is C14H13BrN2O3. The first-order valence-electron chi connectivity index (χ1n) is 5.83. The van der Waals surface area contributed by atoms with Gasteiger partial charge in [0, 0.05) is 5.56 Å². The van der Waals surface area contributed by atoms with Gasteiger partial charge in [0.2, 0.25) is 0 Å². The predicted molar refractivity (Wildman–Crippen MR) is 79.0 cm³/mol. The van der Waals surface area contributed by atoms with Crippen molar-refractivity contribution in [1.29, 1.82) is 0 Å². The summed E-state index contributed by atoms with van der Waals surface area (Å²) in [6.07, 6.45) is 0. The number of H-pyrrole nitrogens is 1. The van der Waals surface area contributed by atoms with Crippen molar-refractivity contribution in [1.82, 2.24) is 10.2 Å². The van der Waals surface area contributed by atoms with Crippen LogP contribution in [0.5, 0.6) is 5.75 Å². The minimum Gasteiger partial charge on any atom is -0.488 e. The van der Waals surface area contributed by atoms with Crippen LogP contribution in [-0.2, 0) is 0 Å². The second-order valence-corrected chi connectivity index (χ2v) is 5.22. The molecule has 2 rings (SSSR count). The third-order valence-corrected chi connectivity index (χ3v) is 3.13.